The minimum Gasteiger partial charge on any atom is -0.493 e. The number of nitrogens with one attached hydrogen (secondary N) is 1. The van der Waals surface area contributed by atoms with E-state index in [4.69, 9.17) is 9.88 Å². The molecular weight excluding hydrogens is 482 g/mol. The van der Waals surface area contributed by atoms with Crippen molar-refractivity contribution in [3.63, 3.8) is 0 Å². The molecular formula is C22H21N3O5S3. The lowest BCUT2D eigenvalue weighted by Gasteiger charge is -2.36. The first-order valence-electron chi connectivity index (χ1n) is 10.3. The highest BCUT2D eigenvalue weighted by Gasteiger charge is 2.39. The molecule has 1 aromatic heterocycles. The van der Waals surface area contributed by atoms with E-state index in [9.17, 15) is 18.0 Å². The number of sulfonamides is 1. The van der Waals surface area contributed by atoms with E-state index in [-0.39, 0.29) is 34.6 Å². The summed E-state index contributed by atoms with van der Waals surface area (Å²) in [5.41, 5.74) is 1.58. The van der Waals surface area contributed by atoms with Gasteiger partial charge >= 0.3 is 4.87 Å². The summed E-state index contributed by atoms with van der Waals surface area (Å²) in [6.45, 7) is 0.904. The molecule has 2 aliphatic heterocycles. The van der Waals surface area contributed by atoms with E-state index in [0.29, 0.717) is 18.2 Å². The summed E-state index contributed by atoms with van der Waals surface area (Å²) in [4.78, 5) is 26.3. The Bertz CT molecular complexity index is 1380. The van der Waals surface area contributed by atoms with Crippen LogP contribution in [0.4, 0.5) is 5.69 Å². The SMILES string of the molecule is NS(=O)(=O)c1ccc(NC(=O)CCn2c3c(sc2=O)[C@H]2c4ccccc4OC[C@H]2CS3)cc1. The number of hydrogen-bond donors (Lipinski definition) is 2. The van der Waals surface area contributed by atoms with Gasteiger partial charge in [-0.1, -0.05) is 29.5 Å². The third-order valence-electron chi connectivity index (χ3n) is 5.80. The van der Waals surface area contributed by atoms with Gasteiger partial charge in [0.25, 0.3) is 0 Å². The fourth-order valence-electron chi connectivity index (χ4n) is 4.21. The van der Waals surface area contributed by atoms with Gasteiger partial charge < -0.3 is 10.1 Å². The van der Waals surface area contributed by atoms with Crippen LogP contribution >= 0.6 is 23.1 Å². The van der Waals surface area contributed by atoms with Gasteiger partial charge in [-0.3, -0.25) is 14.2 Å². The van der Waals surface area contributed by atoms with Crippen molar-refractivity contribution in [1.82, 2.24) is 4.57 Å². The Hall–Kier alpha value is -2.60. The normalized spacial score (nSPS) is 19.1. The van der Waals surface area contributed by atoms with Crippen LogP contribution in [0.2, 0.25) is 0 Å². The zero-order valence-corrected chi connectivity index (χ0v) is 19.8. The molecule has 3 aromatic rings. The average molecular weight is 504 g/mol. The molecule has 33 heavy (non-hydrogen) atoms. The highest BCUT2D eigenvalue weighted by Crippen LogP contribution is 2.50. The Kier molecular flexibility index (Phi) is 5.81. The highest BCUT2D eigenvalue weighted by molar-refractivity contribution is 7.99. The maximum atomic E-state index is 12.8. The summed E-state index contributed by atoms with van der Waals surface area (Å²) in [7, 11) is -3.79. The third-order valence-corrected chi connectivity index (χ3v) is 9.23. The molecule has 0 saturated carbocycles. The number of hydrogen-bond acceptors (Lipinski definition) is 7. The number of para-hydroxylation sites is 1. The number of primary sulfonamides is 1. The number of aromatic nitrogens is 1. The summed E-state index contributed by atoms with van der Waals surface area (Å²) in [6.07, 6.45) is 0.119. The van der Waals surface area contributed by atoms with E-state index >= 15 is 0 Å². The molecule has 0 aliphatic carbocycles. The quantitative estimate of drug-likeness (QED) is 0.552. The Balaban J connectivity index is 1.32. The van der Waals surface area contributed by atoms with E-state index in [1.165, 1.54) is 35.6 Å². The van der Waals surface area contributed by atoms with E-state index in [1.54, 1.807) is 16.3 Å². The topological polar surface area (TPSA) is 120 Å². The van der Waals surface area contributed by atoms with Gasteiger partial charge in [-0.05, 0) is 30.3 Å². The molecule has 8 nitrogen and oxygen atoms in total. The zero-order chi connectivity index (χ0) is 23.2. The maximum absolute atomic E-state index is 12.8. The zero-order valence-electron chi connectivity index (χ0n) is 17.4. The van der Waals surface area contributed by atoms with Crippen LogP contribution < -0.4 is 20.1 Å². The molecule has 0 fully saturated rings. The lowest BCUT2D eigenvalue weighted by molar-refractivity contribution is -0.116. The Morgan fingerprint density at radius 1 is 1.18 bits per heavy atom. The maximum Gasteiger partial charge on any atom is 0.308 e. The number of carbonyl (C=O) groups is 1. The molecule has 172 valence electrons. The van der Waals surface area contributed by atoms with E-state index in [2.05, 4.69) is 11.4 Å². The Morgan fingerprint density at radius 2 is 1.94 bits per heavy atom. The number of benzene rings is 2. The van der Waals surface area contributed by atoms with E-state index in [1.807, 2.05) is 18.2 Å². The number of thiazole rings is 1. The second kappa shape index (κ2) is 8.64. The number of fused-ring (bicyclic) bond motifs is 5. The molecule has 3 heterocycles. The summed E-state index contributed by atoms with van der Waals surface area (Å²) in [5.74, 6) is 1.91. The van der Waals surface area contributed by atoms with Gasteiger partial charge in [-0.15, -0.1) is 11.8 Å². The molecule has 2 aliphatic rings. The summed E-state index contributed by atoms with van der Waals surface area (Å²) in [5, 5.41) is 8.76. The first-order chi connectivity index (χ1) is 15.8. The predicted molar refractivity (Wildman–Crippen MR) is 128 cm³/mol. The van der Waals surface area contributed by atoms with Gasteiger partial charge in [0.1, 0.15) is 5.75 Å². The molecule has 0 spiro atoms. The number of thioether (sulfide) groups is 1. The van der Waals surface area contributed by atoms with Crippen molar-refractivity contribution >= 4 is 44.7 Å². The van der Waals surface area contributed by atoms with Gasteiger partial charge in [0.05, 0.1) is 16.5 Å². The van der Waals surface area contributed by atoms with Crippen LogP contribution in [0.1, 0.15) is 22.8 Å². The van der Waals surface area contributed by atoms with Crippen molar-refractivity contribution in [3.05, 3.63) is 68.6 Å². The van der Waals surface area contributed by atoms with E-state index in [0.717, 1.165) is 27.0 Å². The van der Waals surface area contributed by atoms with Crippen molar-refractivity contribution in [2.75, 3.05) is 17.7 Å². The fraction of sp³-hybridized carbons (Fsp3) is 0.273. The summed E-state index contributed by atoms with van der Waals surface area (Å²) >= 11 is 2.91. The summed E-state index contributed by atoms with van der Waals surface area (Å²) in [6, 6.07) is 13.6. The standard InChI is InChI=1S/C22H21N3O5S3/c23-33(28,29)15-7-5-14(6-8-15)24-18(26)9-10-25-21-20(32-22(25)27)19-13(12-31-21)11-30-17-4-2-1-3-16(17)19/h1-8,13,19H,9-12H2,(H,24,26)(H2,23,28,29)/t13-,19+/m0/s1. The second-order valence-corrected chi connectivity index (χ2v) is 11.5. The first-order valence-corrected chi connectivity index (χ1v) is 13.7. The van der Waals surface area contributed by atoms with Crippen LogP contribution in [0.15, 0.2) is 63.2 Å². The molecule has 1 amide bonds. The molecule has 0 bridgehead atoms. The van der Waals surface area contributed by atoms with Crippen molar-refractivity contribution < 1.29 is 17.9 Å². The molecule has 0 radical (unpaired) electrons. The molecule has 2 aromatic carbocycles. The van der Waals surface area contributed by atoms with Crippen LogP contribution in [0.25, 0.3) is 0 Å². The van der Waals surface area contributed by atoms with Gasteiger partial charge in [0.15, 0.2) is 0 Å². The van der Waals surface area contributed by atoms with E-state index < -0.39 is 10.0 Å². The molecule has 3 N–H and O–H groups in total. The number of anilines is 1. The largest absolute Gasteiger partial charge is 0.493 e. The van der Waals surface area contributed by atoms with Crippen LogP contribution in [0.5, 0.6) is 5.75 Å². The number of rotatable bonds is 5. The minimum absolute atomic E-state index is 0.0260. The second-order valence-electron chi connectivity index (χ2n) is 7.95. The fourth-order valence-corrected chi connectivity index (χ4v) is 7.47. The molecule has 2 atom stereocenters. The lowest BCUT2D eigenvalue weighted by atomic mass is 9.84. The minimum atomic E-state index is -3.79. The summed E-state index contributed by atoms with van der Waals surface area (Å²) < 4.78 is 30.3. The van der Waals surface area contributed by atoms with Crippen molar-refractivity contribution in [2.24, 2.45) is 11.1 Å². The number of carbonyl (C=O) groups excluding carboxylic acids is 1. The number of amides is 1. The number of ether oxygens (including phenoxy) is 1. The highest BCUT2D eigenvalue weighted by atomic mass is 32.2. The Morgan fingerprint density at radius 3 is 2.70 bits per heavy atom. The van der Waals surface area contributed by atoms with Crippen molar-refractivity contribution in [2.45, 2.75) is 28.8 Å². The first kappa shape index (κ1) is 22.2. The van der Waals surface area contributed by atoms with Gasteiger partial charge in [-0.25, -0.2) is 13.6 Å². The van der Waals surface area contributed by atoms with Gasteiger partial charge in [0, 0.05) is 46.7 Å². The molecule has 0 saturated heterocycles. The number of nitrogens with two attached hydrogens (primary N) is 1. The number of nitrogens with zero attached hydrogens (tertiary/aromatic N) is 1. The smallest absolute Gasteiger partial charge is 0.308 e. The van der Waals surface area contributed by atoms with Crippen molar-refractivity contribution in [1.29, 1.82) is 0 Å². The van der Waals surface area contributed by atoms with Crippen LogP contribution in [0.3, 0.4) is 0 Å². The van der Waals surface area contributed by atoms with Gasteiger partial charge in [0.2, 0.25) is 15.9 Å². The van der Waals surface area contributed by atoms with Crippen molar-refractivity contribution in [3.8, 4) is 5.75 Å². The third kappa shape index (κ3) is 4.33. The monoisotopic (exact) mass is 503 g/mol. The lowest BCUT2D eigenvalue weighted by Crippen LogP contribution is -2.31. The van der Waals surface area contributed by atoms with Crippen LogP contribution in [0, 0.1) is 5.92 Å². The van der Waals surface area contributed by atoms with Crippen LogP contribution in [-0.2, 0) is 21.4 Å². The molecule has 0 unspecified atom stereocenters. The van der Waals surface area contributed by atoms with Gasteiger partial charge in [-0.2, -0.15) is 0 Å². The predicted octanol–water partition coefficient (Wildman–Crippen LogP) is 2.83. The molecule has 5 rings (SSSR count). The Labute approximate surface area is 198 Å². The van der Waals surface area contributed by atoms with Crippen LogP contribution in [-0.4, -0.2) is 31.3 Å². The molecule has 11 heteroatoms. The average Bonchev–Trinajstić information content (AvgIpc) is 3.12.